The molecule has 0 rings (SSSR count). The van der Waals surface area contributed by atoms with Gasteiger partial charge in [0.1, 0.15) is 0 Å². The van der Waals surface area contributed by atoms with E-state index in [-0.39, 0.29) is 23.0 Å². The lowest BCUT2D eigenvalue weighted by molar-refractivity contribution is -0.142. The zero-order valence-electron chi connectivity index (χ0n) is 21.6. The van der Waals surface area contributed by atoms with Gasteiger partial charge in [0.15, 0.2) is 0 Å². The summed E-state index contributed by atoms with van der Waals surface area (Å²) in [7, 11) is -2.95. The highest BCUT2D eigenvalue weighted by molar-refractivity contribution is 6.73. The van der Waals surface area contributed by atoms with E-state index in [0.29, 0.717) is 12.8 Å². The lowest BCUT2D eigenvalue weighted by Crippen LogP contribution is -2.51. The molecule has 0 spiro atoms. The molecular formula is C26H52O4Si. The molecule has 0 saturated carbocycles. The molecule has 0 aliphatic heterocycles. The van der Waals surface area contributed by atoms with Crippen LogP contribution >= 0.6 is 0 Å². The minimum absolute atomic E-state index is 0.0449. The molecule has 0 radical (unpaired) electrons. The fourth-order valence-corrected chi connectivity index (χ4v) is 7.30. The Bertz CT molecular complexity index is 420. The molecule has 0 N–H and O–H groups in total. The first kappa shape index (κ1) is 30.2. The minimum Gasteiger partial charge on any atom is -0.484 e. The number of rotatable bonds is 20. The topological polar surface area (TPSA) is 52.6 Å². The third kappa shape index (κ3) is 14.0. The van der Waals surface area contributed by atoms with Gasteiger partial charge >= 0.3 is 8.56 Å². The number of unbranched alkanes of at least 4 members (excludes halogenated alkanes) is 12. The van der Waals surface area contributed by atoms with E-state index in [4.69, 9.17) is 8.85 Å². The van der Waals surface area contributed by atoms with Crippen molar-refractivity contribution in [1.29, 1.82) is 0 Å². The van der Waals surface area contributed by atoms with Crippen molar-refractivity contribution in [1.82, 2.24) is 0 Å². The van der Waals surface area contributed by atoms with E-state index in [2.05, 4.69) is 13.8 Å². The van der Waals surface area contributed by atoms with Crippen LogP contribution in [0.3, 0.4) is 0 Å². The summed E-state index contributed by atoms with van der Waals surface area (Å²) >= 11 is 0. The van der Waals surface area contributed by atoms with Crippen LogP contribution in [0.4, 0.5) is 0 Å². The molecule has 5 heteroatoms. The molecule has 0 amide bonds. The molecule has 0 aromatic carbocycles. The fourth-order valence-electron chi connectivity index (χ4n) is 4.07. The van der Waals surface area contributed by atoms with Gasteiger partial charge in [-0.25, -0.2) is 0 Å². The van der Waals surface area contributed by atoms with Crippen LogP contribution in [0.15, 0.2) is 0 Å². The normalized spacial score (nSPS) is 11.9. The highest BCUT2D eigenvalue weighted by atomic mass is 28.4. The average Bonchev–Trinajstić information content (AvgIpc) is 2.71. The van der Waals surface area contributed by atoms with Crippen molar-refractivity contribution >= 4 is 20.5 Å². The summed E-state index contributed by atoms with van der Waals surface area (Å²) in [5.41, 5.74) is 0.0898. The lowest BCUT2D eigenvalue weighted by Gasteiger charge is -2.35. The molecule has 0 aromatic heterocycles. The van der Waals surface area contributed by atoms with E-state index >= 15 is 0 Å². The average molecular weight is 457 g/mol. The van der Waals surface area contributed by atoms with Gasteiger partial charge in [0.05, 0.1) is 0 Å². The Morgan fingerprint density at radius 2 is 0.839 bits per heavy atom. The van der Waals surface area contributed by atoms with Crippen molar-refractivity contribution < 1.29 is 18.4 Å². The molecule has 0 unspecified atom stereocenters. The highest BCUT2D eigenvalue weighted by Crippen LogP contribution is 2.35. The quantitative estimate of drug-likeness (QED) is 0.136. The molecule has 0 atom stereocenters. The zero-order valence-corrected chi connectivity index (χ0v) is 22.6. The van der Waals surface area contributed by atoms with E-state index in [1.54, 1.807) is 0 Å². The Labute approximate surface area is 194 Å². The first-order valence-electron chi connectivity index (χ1n) is 13.2. The van der Waals surface area contributed by atoms with Gasteiger partial charge in [0, 0.05) is 23.9 Å². The van der Waals surface area contributed by atoms with E-state index in [9.17, 15) is 9.59 Å². The second kappa shape index (κ2) is 18.7. The number of hydrogen-bond donors (Lipinski definition) is 0. The summed E-state index contributed by atoms with van der Waals surface area (Å²) in [4.78, 5) is 25.2. The van der Waals surface area contributed by atoms with Crippen LogP contribution in [-0.2, 0) is 18.4 Å². The van der Waals surface area contributed by atoms with E-state index < -0.39 is 8.56 Å². The monoisotopic (exact) mass is 456 g/mol. The van der Waals surface area contributed by atoms with Crippen LogP contribution in [0.25, 0.3) is 0 Å². The Morgan fingerprint density at radius 1 is 0.548 bits per heavy atom. The molecule has 0 aliphatic carbocycles. The summed E-state index contributed by atoms with van der Waals surface area (Å²) < 4.78 is 12.0. The number of carbonyl (C=O) groups is 2. The first-order valence-corrected chi connectivity index (χ1v) is 15.2. The maximum atomic E-state index is 12.6. The van der Waals surface area contributed by atoms with Crippen LogP contribution in [0, 0.1) is 0 Å². The van der Waals surface area contributed by atoms with Gasteiger partial charge in [-0.15, -0.1) is 0 Å². The third-order valence-electron chi connectivity index (χ3n) is 6.13. The lowest BCUT2D eigenvalue weighted by atomic mass is 10.1. The summed E-state index contributed by atoms with van der Waals surface area (Å²) in [5.74, 6) is -0.377. The molecule has 0 heterocycles. The maximum Gasteiger partial charge on any atom is 0.469 e. The van der Waals surface area contributed by atoms with Gasteiger partial charge in [0.2, 0.25) is 0 Å². The van der Waals surface area contributed by atoms with Crippen molar-refractivity contribution in [2.24, 2.45) is 0 Å². The predicted octanol–water partition coefficient (Wildman–Crippen LogP) is 8.62. The summed E-state index contributed by atoms with van der Waals surface area (Å²) in [6, 6.07) is 0. The first-order chi connectivity index (χ1) is 14.8. The Kier molecular flexibility index (Phi) is 18.2. The molecule has 4 nitrogen and oxygen atoms in total. The van der Waals surface area contributed by atoms with Gasteiger partial charge in [-0.2, -0.15) is 0 Å². The van der Waals surface area contributed by atoms with Crippen LogP contribution in [-0.4, -0.2) is 20.5 Å². The largest absolute Gasteiger partial charge is 0.484 e. The molecular weight excluding hydrogens is 404 g/mol. The van der Waals surface area contributed by atoms with E-state index in [1.807, 2.05) is 27.7 Å². The van der Waals surface area contributed by atoms with E-state index in [1.165, 1.54) is 64.2 Å². The second-order valence-electron chi connectivity index (χ2n) is 9.72. The Balaban J connectivity index is 4.48. The third-order valence-corrected chi connectivity index (χ3v) is 10.4. The van der Waals surface area contributed by atoms with Crippen molar-refractivity contribution in [2.75, 3.05) is 0 Å². The number of hydrogen-bond acceptors (Lipinski definition) is 4. The minimum atomic E-state index is -2.95. The van der Waals surface area contributed by atoms with Crippen LogP contribution in [0.1, 0.15) is 144 Å². The van der Waals surface area contributed by atoms with Gasteiger partial charge in [-0.1, -0.05) is 119 Å². The van der Waals surface area contributed by atoms with Crippen LogP contribution < -0.4 is 0 Å². The second-order valence-corrected chi connectivity index (χ2v) is 13.9. The molecule has 0 aliphatic rings. The van der Waals surface area contributed by atoms with Crippen molar-refractivity contribution in [3.63, 3.8) is 0 Å². The SMILES string of the molecule is CCCCCCCCCC(=O)O[Si](OC(=O)CCCCCCCCC)(C(C)C)C(C)C. The van der Waals surface area contributed by atoms with Gasteiger partial charge in [-0.3, -0.25) is 9.59 Å². The van der Waals surface area contributed by atoms with Crippen molar-refractivity contribution in [3.05, 3.63) is 0 Å². The van der Waals surface area contributed by atoms with Crippen LogP contribution in [0.5, 0.6) is 0 Å². The molecule has 0 bridgehead atoms. The summed E-state index contributed by atoms with van der Waals surface area (Å²) in [6.07, 6.45) is 17.2. The van der Waals surface area contributed by atoms with E-state index in [0.717, 1.165) is 25.7 Å². The van der Waals surface area contributed by atoms with Crippen molar-refractivity contribution in [3.8, 4) is 0 Å². The molecule has 0 aromatic rings. The van der Waals surface area contributed by atoms with Crippen molar-refractivity contribution in [2.45, 2.75) is 155 Å². The van der Waals surface area contributed by atoms with Gasteiger partial charge in [0.25, 0.3) is 11.9 Å². The Hall–Kier alpha value is -0.843. The summed E-state index contributed by atoms with van der Waals surface area (Å²) in [6.45, 7) is 12.5. The fraction of sp³-hybridized carbons (Fsp3) is 0.923. The Morgan fingerprint density at radius 3 is 1.13 bits per heavy atom. The molecule has 0 fully saturated rings. The predicted molar refractivity (Wildman–Crippen MR) is 133 cm³/mol. The molecule has 0 saturated heterocycles. The summed E-state index contributed by atoms with van der Waals surface area (Å²) in [5, 5.41) is 0. The standard InChI is InChI=1S/C26H52O4Si/c1-7-9-11-13-15-17-19-21-25(27)29-31(23(3)4,24(5)6)30-26(28)22-20-18-16-14-12-10-8-2/h23-24H,7-22H2,1-6H3. The molecule has 184 valence electrons. The maximum absolute atomic E-state index is 12.6. The van der Waals surface area contributed by atoms with Gasteiger partial charge < -0.3 is 8.85 Å². The smallest absolute Gasteiger partial charge is 0.469 e. The zero-order chi connectivity index (χ0) is 23.5. The van der Waals surface area contributed by atoms with Crippen LogP contribution in [0.2, 0.25) is 11.1 Å². The van der Waals surface area contributed by atoms with Gasteiger partial charge in [-0.05, 0) is 12.8 Å². The molecule has 31 heavy (non-hydrogen) atoms. The number of carbonyl (C=O) groups excluding carboxylic acids is 2. The highest BCUT2D eigenvalue weighted by Gasteiger charge is 2.51.